The Balaban J connectivity index is 2.79. The van der Waals surface area contributed by atoms with Crippen molar-refractivity contribution in [2.45, 2.75) is 46.2 Å². The van der Waals surface area contributed by atoms with Crippen LogP contribution in [-0.4, -0.2) is 49.1 Å². The van der Waals surface area contributed by atoms with E-state index < -0.39 is 6.04 Å². The molecule has 2 unspecified atom stereocenters. The number of carbonyl (C=O) groups excluding carboxylic acids is 2. The average Bonchev–Trinajstić information content (AvgIpc) is 2.27. The molecule has 1 saturated heterocycles. The van der Waals surface area contributed by atoms with Gasteiger partial charge in [-0.25, -0.2) is 0 Å². The minimum absolute atomic E-state index is 0.00528. The molecule has 0 aromatic heterocycles. The summed E-state index contributed by atoms with van der Waals surface area (Å²) >= 11 is 0. The van der Waals surface area contributed by atoms with E-state index in [1.54, 1.807) is 12.0 Å². The topological polar surface area (TPSA) is 58.6 Å². The second kappa shape index (κ2) is 5.69. The Hall–Kier alpha value is -1.10. The van der Waals surface area contributed by atoms with Crippen molar-refractivity contribution in [2.75, 3.05) is 20.3 Å². The highest BCUT2D eigenvalue weighted by Gasteiger charge is 2.41. The lowest BCUT2D eigenvalue weighted by atomic mass is 9.84. The number of hydrogen-bond acceptors (Lipinski definition) is 3. The van der Waals surface area contributed by atoms with Crippen molar-refractivity contribution in [1.29, 1.82) is 0 Å². The Bertz CT molecular complexity index is 323. The summed E-state index contributed by atoms with van der Waals surface area (Å²) in [7, 11) is 1.63. The van der Waals surface area contributed by atoms with Gasteiger partial charge in [-0.3, -0.25) is 9.59 Å². The van der Waals surface area contributed by atoms with Crippen LogP contribution in [0.25, 0.3) is 0 Å². The summed E-state index contributed by atoms with van der Waals surface area (Å²) in [5.41, 5.74) is -0.271. The minimum atomic E-state index is -0.441. The molecule has 1 heterocycles. The first-order valence-electron chi connectivity index (χ1n) is 6.36. The molecule has 0 radical (unpaired) electrons. The Morgan fingerprint density at radius 2 is 2.06 bits per heavy atom. The number of nitrogens with zero attached hydrogens (tertiary/aromatic N) is 1. The number of hydrogen-bond donors (Lipinski definition) is 1. The lowest BCUT2D eigenvalue weighted by molar-refractivity contribution is -0.149. The third-order valence-corrected chi connectivity index (χ3v) is 3.29. The van der Waals surface area contributed by atoms with Crippen molar-refractivity contribution in [3.8, 4) is 0 Å². The summed E-state index contributed by atoms with van der Waals surface area (Å²) in [4.78, 5) is 25.8. The number of piperazine rings is 1. The molecule has 104 valence electrons. The van der Waals surface area contributed by atoms with Crippen molar-refractivity contribution < 1.29 is 14.3 Å². The Kier molecular flexibility index (Phi) is 4.73. The van der Waals surface area contributed by atoms with Crippen LogP contribution in [-0.2, 0) is 14.3 Å². The summed E-state index contributed by atoms with van der Waals surface area (Å²) in [5, 5.41) is 2.79. The van der Waals surface area contributed by atoms with E-state index in [0.717, 1.165) is 6.42 Å². The Morgan fingerprint density at radius 3 is 2.56 bits per heavy atom. The van der Waals surface area contributed by atoms with Crippen molar-refractivity contribution in [1.82, 2.24) is 10.2 Å². The standard InChI is InChI=1S/C13H24N2O3/c1-9(6-7-18-5)15-8-10(16)14-11(12(15)17)13(2,3)4/h9,11H,6-8H2,1-5H3,(H,14,16). The van der Waals surface area contributed by atoms with E-state index >= 15 is 0 Å². The summed E-state index contributed by atoms with van der Waals surface area (Å²) in [6.45, 7) is 8.57. The van der Waals surface area contributed by atoms with Gasteiger partial charge >= 0.3 is 0 Å². The number of carbonyl (C=O) groups is 2. The van der Waals surface area contributed by atoms with Crippen molar-refractivity contribution >= 4 is 11.8 Å². The molecule has 0 aromatic rings. The van der Waals surface area contributed by atoms with Crippen LogP contribution in [0.15, 0.2) is 0 Å². The minimum Gasteiger partial charge on any atom is -0.385 e. The summed E-state index contributed by atoms with van der Waals surface area (Å²) in [6.07, 6.45) is 0.742. The first kappa shape index (κ1) is 15.0. The number of amides is 2. The van der Waals surface area contributed by atoms with Gasteiger partial charge in [0, 0.05) is 19.8 Å². The number of ether oxygens (including phenoxy) is 1. The molecule has 5 heteroatoms. The van der Waals surface area contributed by atoms with Crippen LogP contribution < -0.4 is 5.32 Å². The highest BCUT2D eigenvalue weighted by atomic mass is 16.5. The second-order valence-corrected chi connectivity index (χ2v) is 5.96. The van der Waals surface area contributed by atoms with Gasteiger partial charge in [-0.2, -0.15) is 0 Å². The summed E-state index contributed by atoms with van der Waals surface area (Å²) in [5.74, 6) is -0.0792. The maximum absolute atomic E-state index is 12.4. The Labute approximate surface area is 109 Å². The van der Waals surface area contributed by atoms with Gasteiger partial charge in [-0.1, -0.05) is 20.8 Å². The number of nitrogens with one attached hydrogen (secondary N) is 1. The van der Waals surface area contributed by atoms with Crippen LogP contribution in [0.5, 0.6) is 0 Å². The van der Waals surface area contributed by atoms with Crippen LogP contribution in [0.2, 0.25) is 0 Å². The molecule has 1 rings (SSSR count). The first-order chi connectivity index (χ1) is 8.27. The molecule has 0 aromatic carbocycles. The van der Waals surface area contributed by atoms with Crippen LogP contribution in [0.3, 0.4) is 0 Å². The maximum Gasteiger partial charge on any atom is 0.246 e. The molecule has 1 aliphatic heterocycles. The van der Waals surface area contributed by atoms with Crippen LogP contribution in [0, 0.1) is 5.41 Å². The van der Waals surface area contributed by atoms with Crippen LogP contribution >= 0.6 is 0 Å². The molecule has 1 fully saturated rings. The largest absolute Gasteiger partial charge is 0.385 e. The summed E-state index contributed by atoms with van der Waals surface area (Å²) < 4.78 is 5.02. The third-order valence-electron chi connectivity index (χ3n) is 3.29. The van der Waals surface area contributed by atoms with Crippen molar-refractivity contribution in [3.05, 3.63) is 0 Å². The van der Waals surface area contributed by atoms with Crippen LogP contribution in [0.1, 0.15) is 34.1 Å². The molecule has 5 nitrogen and oxygen atoms in total. The predicted molar refractivity (Wildman–Crippen MR) is 69.1 cm³/mol. The highest BCUT2D eigenvalue weighted by Crippen LogP contribution is 2.24. The smallest absolute Gasteiger partial charge is 0.246 e. The highest BCUT2D eigenvalue weighted by molar-refractivity contribution is 5.95. The van der Waals surface area contributed by atoms with Crippen LogP contribution in [0.4, 0.5) is 0 Å². The molecule has 2 atom stereocenters. The number of rotatable bonds is 4. The van der Waals surface area contributed by atoms with Crippen molar-refractivity contribution in [2.24, 2.45) is 5.41 Å². The zero-order valence-electron chi connectivity index (χ0n) is 11.9. The molecular weight excluding hydrogens is 232 g/mol. The van der Waals surface area contributed by atoms with E-state index in [0.29, 0.717) is 6.61 Å². The second-order valence-electron chi connectivity index (χ2n) is 5.96. The lowest BCUT2D eigenvalue weighted by Crippen LogP contribution is -2.64. The van der Waals surface area contributed by atoms with Gasteiger partial charge in [0.05, 0.1) is 6.54 Å². The quantitative estimate of drug-likeness (QED) is 0.809. The fourth-order valence-electron chi connectivity index (χ4n) is 2.07. The zero-order valence-corrected chi connectivity index (χ0v) is 11.9. The molecular formula is C13H24N2O3. The normalized spacial score (nSPS) is 22.9. The average molecular weight is 256 g/mol. The third kappa shape index (κ3) is 3.45. The van der Waals surface area contributed by atoms with E-state index in [4.69, 9.17) is 4.74 Å². The van der Waals surface area contributed by atoms with Gasteiger partial charge in [-0.15, -0.1) is 0 Å². The maximum atomic E-state index is 12.4. The molecule has 1 N–H and O–H groups in total. The molecule has 0 aliphatic carbocycles. The monoisotopic (exact) mass is 256 g/mol. The van der Waals surface area contributed by atoms with E-state index in [-0.39, 0.29) is 29.8 Å². The van der Waals surface area contributed by atoms with Gasteiger partial charge in [0.1, 0.15) is 6.04 Å². The van der Waals surface area contributed by atoms with E-state index in [1.165, 1.54) is 0 Å². The SMILES string of the molecule is COCCC(C)N1CC(=O)NC(C(C)(C)C)C1=O. The van der Waals surface area contributed by atoms with E-state index in [9.17, 15) is 9.59 Å². The summed E-state index contributed by atoms with van der Waals surface area (Å²) in [6, 6.07) is -0.419. The van der Waals surface area contributed by atoms with Gasteiger partial charge in [0.25, 0.3) is 0 Å². The molecule has 2 amide bonds. The molecule has 0 spiro atoms. The molecule has 0 bridgehead atoms. The predicted octanol–water partition coefficient (Wildman–Crippen LogP) is 0.784. The van der Waals surface area contributed by atoms with Gasteiger partial charge < -0.3 is 15.0 Å². The first-order valence-corrected chi connectivity index (χ1v) is 6.36. The molecule has 1 aliphatic rings. The number of methoxy groups -OCH3 is 1. The fourth-order valence-corrected chi connectivity index (χ4v) is 2.07. The molecule has 0 saturated carbocycles. The van der Waals surface area contributed by atoms with E-state index in [1.807, 2.05) is 27.7 Å². The lowest BCUT2D eigenvalue weighted by Gasteiger charge is -2.41. The fraction of sp³-hybridized carbons (Fsp3) is 0.846. The van der Waals surface area contributed by atoms with E-state index in [2.05, 4.69) is 5.32 Å². The Morgan fingerprint density at radius 1 is 1.44 bits per heavy atom. The van der Waals surface area contributed by atoms with Gasteiger partial charge in [-0.05, 0) is 18.8 Å². The van der Waals surface area contributed by atoms with Gasteiger partial charge in [0.2, 0.25) is 11.8 Å². The van der Waals surface area contributed by atoms with Crippen molar-refractivity contribution in [3.63, 3.8) is 0 Å². The van der Waals surface area contributed by atoms with Gasteiger partial charge in [0.15, 0.2) is 0 Å². The zero-order chi connectivity index (χ0) is 13.9. The molecule has 18 heavy (non-hydrogen) atoms.